The lowest BCUT2D eigenvalue weighted by Gasteiger charge is -2.33. The first-order valence-electron chi connectivity index (χ1n) is 13.6. The molecule has 9 nitrogen and oxygen atoms in total. The zero-order valence-corrected chi connectivity index (χ0v) is 26.3. The molecule has 3 aromatic carbocycles. The van der Waals surface area contributed by atoms with E-state index in [1.807, 2.05) is 20.8 Å². The molecule has 0 saturated heterocycles. The van der Waals surface area contributed by atoms with Gasteiger partial charge in [-0.2, -0.15) is 0 Å². The van der Waals surface area contributed by atoms with Crippen LogP contribution in [0.1, 0.15) is 38.3 Å². The first-order valence-corrected chi connectivity index (χ1v) is 15.4. The van der Waals surface area contributed by atoms with E-state index in [9.17, 15) is 18.0 Å². The zero-order chi connectivity index (χ0) is 31.0. The maximum atomic E-state index is 14.2. The molecule has 0 fully saturated rings. The number of hydrogen-bond acceptors (Lipinski definition) is 6. The Kier molecular flexibility index (Phi) is 11.2. The van der Waals surface area contributed by atoms with E-state index in [1.165, 1.54) is 37.3 Å². The SMILES string of the molecule is CCC(C(=O)NC(C)C)N(Cc1ccccc1Cl)C(=O)CN(c1ccc(OC)c(OC)c1)S(=O)(=O)c1ccc(C)cc1. The molecule has 42 heavy (non-hydrogen) atoms. The van der Waals surface area contributed by atoms with Gasteiger partial charge in [0.1, 0.15) is 12.6 Å². The lowest BCUT2D eigenvalue weighted by atomic mass is 10.1. The standard InChI is InChI=1S/C31H38ClN3O6S/c1-7-27(31(37)33-21(2)3)34(19-23-10-8-9-11-26(23)32)30(36)20-35(24-14-17-28(40-5)29(18-24)41-6)42(38,39)25-15-12-22(4)13-16-25/h8-18,21,27H,7,19-20H2,1-6H3,(H,33,37). The third-order valence-electron chi connectivity index (χ3n) is 6.66. The predicted octanol–water partition coefficient (Wildman–Crippen LogP) is 5.19. The first kappa shape index (κ1) is 32.8. The second kappa shape index (κ2) is 14.4. The second-order valence-electron chi connectivity index (χ2n) is 10.1. The number of sulfonamides is 1. The highest BCUT2D eigenvalue weighted by Gasteiger charge is 2.34. The average molecular weight is 616 g/mol. The molecule has 0 radical (unpaired) electrons. The maximum Gasteiger partial charge on any atom is 0.264 e. The van der Waals surface area contributed by atoms with Gasteiger partial charge in [0.2, 0.25) is 11.8 Å². The molecule has 0 bridgehead atoms. The van der Waals surface area contributed by atoms with Crippen molar-refractivity contribution in [1.29, 1.82) is 0 Å². The summed E-state index contributed by atoms with van der Waals surface area (Å²) >= 11 is 6.44. The number of anilines is 1. The van der Waals surface area contributed by atoms with Gasteiger partial charge in [-0.25, -0.2) is 8.42 Å². The van der Waals surface area contributed by atoms with Crippen LogP contribution in [0.2, 0.25) is 5.02 Å². The van der Waals surface area contributed by atoms with Crippen molar-refractivity contribution in [2.75, 3.05) is 25.1 Å². The minimum atomic E-state index is -4.23. The molecule has 3 rings (SSSR count). The van der Waals surface area contributed by atoms with Gasteiger partial charge in [0.15, 0.2) is 11.5 Å². The summed E-state index contributed by atoms with van der Waals surface area (Å²) in [5.41, 5.74) is 1.71. The number of amides is 2. The van der Waals surface area contributed by atoms with Crippen molar-refractivity contribution in [2.24, 2.45) is 0 Å². The van der Waals surface area contributed by atoms with Crippen LogP contribution in [0.15, 0.2) is 71.6 Å². The molecule has 0 saturated carbocycles. The average Bonchev–Trinajstić information content (AvgIpc) is 2.96. The number of methoxy groups -OCH3 is 2. The van der Waals surface area contributed by atoms with Crippen molar-refractivity contribution in [3.05, 3.63) is 82.9 Å². The number of hydrogen-bond donors (Lipinski definition) is 1. The Labute approximate surface area is 253 Å². The Bertz CT molecular complexity index is 1490. The Morgan fingerprint density at radius 2 is 1.60 bits per heavy atom. The van der Waals surface area contributed by atoms with Crippen LogP contribution in [-0.2, 0) is 26.2 Å². The number of carbonyl (C=O) groups is 2. The highest BCUT2D eigenvalue weighted by Crippen LogP contribution is 2.34. The largest absolute Gasteiger partial charge is 0.493 e. The summed E-state index contributed by atoms with van der Waals surface area (Å²) in [6.45, 7) is 6.74. The monoisotopic (exact) mass is 615 g/mol. The molecule has 0 aromatic heterocycles. The van der Waals surface area contributed by atoms with Gasteiger partial charge < -0.3 is 19.7 Å². The van der Waals surface area contributed by atoms with Crippen molar-refractivity contribution in [2.45, 2.75) is 57.6 Å². The normalized spacial score (nSPS) is 12.0. The van der Waals surface area contributed by atoms with E-state index in [0.717, 1.165) is 9.87 Å². The van der Waals surface area contributed by atoms with E-state index in [2.05, 4.69) is 5.32 Å². The quantitative estimate of drug-likeness (QED) is 0.284. The molecule has 0 aliphatic heterocycles. The molecule has 0 heterocycles. The van der Waals surface area contributed by atoms with Crippen molar-refractivity contribution >= 4 is 39.1 Å². The van der Waals surface area contributed by atoms with Crippen molar-refractivity contribution < 1.29 is 27.5 Å². The number of aryl methyl sites for hydroxylation is 1. The van der Waals surface area contributed by atoms with Crippen molar-refractivity contribution in [3.8, 4) is 11.5 Å². The van der Waals surface area contributed by atoms with Gasteiger partial charge in [0, 0.05) is 23.7 Å². The lowest BCUT2D eigenvalue weighted by molar-refractivity contribution is -0.140. The minimum absolute atomic E-state index is 0.00683. The molecule has 1 unspecified atom stereocenters. The van der Waals surface area contributed by atoms with Gasteiger partial charge in [-0.15, -0.1) is 0 Å². The van der Waals surface area contributed by atoms with E-state index in [1.54, 1.807) is 55.5 Å². The Balaban J connectivity index is 2.13. The third-order valence-corrected chi connectivity index (χ3v) is 8.82. The summed E-state index contributed by atoms with van der Waals surface area (Å²) in [5.74, 6) is -0.225. The van der Waals surface area contributed by atoms with Crippen LogP contribution in [0, 0.1) is 6.92 Å². The topological polar surface area (TPSA) is 105 Å². The molecule has 226 valence electrons. The second-order valence-corrected chi connectivity index (χ2v) is 12.3. The number of halogens is 1. The van der Waals surface area contributed by atoms with E-state index >= 15 is 0 Å². The molecular weight excluding hydrogens is 578 g/mol. The van der Waals surface area contributed by atoms with Gasteiger partial charge in [-0.05, 0) is 63.1 Å². The number of carbonyl (C=O) groups excluding carboxylic acids is 2. The molecule has 0 spiro atoms. The first-order chi connectivity index (χ1) is 19.9. The molecule has 3 aromatic rings. The number of rotatable bonds is 13. The summed E-state index contributed by atoms with van der Waals surface area (Å²) in [7, 11) is -1.32. The summed E-state index contributed by atoms with van der Waals surface area (Å²) < 4.78 is 39.9. The fraction of sp³-hybridized carbons (Fsp3) is 0.355. The van der Waals surface area contributed by atoms with E-state index in [4.69, 9.17) is 21.1 Å². The highest BCUT2D eigenvalue weighted by atomic mass is 35.5. The number of nitrogens with one attached hydrogen (secondary N) is 1. The fourth-order valence-electron chi connectivity index (χ4n) is 4.46. The van der Waals surface area contributed by atoms with Crippen molar-refractivity contribution in [3.63, 3.8) is 0 Å². The maximum absolute atomic E-state index is 14.2. The molecule has 1 atom stereocenters. The molecule has 0 aliphatic rings. The summed E-state index contributed by atoms with van der Waals surface area (Å²) in [6, 6.07) is 17.0. The fourth-order valence-corrected chi connectivity index (χ4v) is 6.06. The molecule has 0 aliphatic carbocycles. The smallest absolute Gasteiger partial charge is 0.264 e. The van der Waals surface area contributed by atoms with Gasteiger partial charge in [0.25, 0.3) is 10.0 Å². The summed E-state index contributed by atoms with van der Waals surface area (Å²) in [4.78, 5) is 28.8. The van der Waals surface area contributed by atoms with E-state index in [0.29, 0.717) is 28.5 Å². The third kappa shape index (κ3) is 7.74. The van der Waals surface area contributed by atoms with E-state index < -0.39 is 28.5 Å². The van der Waals surface area contributed by atoms with Gasteiger partial charge in [-0.1, -0.05) is 54.4 Å². The van der Waals surface area contributed by atoms with E-state index in [-0.39, 0.29) is 29.1 Å². The summed E-state index contributed by atoms with van der Waals surface area (Å²) in [6.07, 6.45) is 0.301. The van der Waals surface area contributed by atoms with Gasteiger partial charge in [0.05, 0.1) is 24.8 Å². The van der Waals surface area contributed by atoms with Crippen LogP contribution >= 0.6 is 11.6 Å². The zero-order valence-electron chi connectivity index (χ0n) is 24.8. The summed E-state index contributed by atoms with van der Waals surface area (Å²) in [5, 5.41) is 3.30. The van der Waals surface area contributed by atoms with Crippen LogP contribution < -0.4 is 19.1 Å². The Morgan fingerprint density at radius 1 is 0.952 bits per heavy atom. The minimum Gasteiger partial charge on any atom is -0.493 e. The predicted molar refractivity (Wildman–Crippen MR) is 165 cm³/mol. The Morgan fingerprint density at radius 3 is 2.17 bits per heavy atom. The lowest BCUT2D eigenvalue weighted by Crippen LogP contribution is -2.53. The molecular formula is C31H38ClN3O6S. The Hall–Kier alpha value is -3.76. The van der Waals surface area contributed by atoms with Crippen molar-refractivity contribution in [1.82, 2.24) is 10.2 Å². The van der Waals surface area contributed by atoms with Crippen LogP contribution in [0.25, 0.3) is 0 Å². The number of benzene rings is 3. The van der Waals surface area contributed by atoms with Gasteiger partial charge >= 0.3 is 0 Å². The van der Waals surface area contributed by atoms with Crippen LogP contribution in [0.5, 0.6) is 11.5 Å². The highest BCUT2D eigenvalue weighted by molar-refractivity contribution is 7.92. The number of nitrogens with zero attached hydrogens (tertiary/aromatic N) is 2. The number of ether oxygens (including phenoxy) is 2. The van der Waals surface area contributed by atoms with Crippen LogP contribution in [0.4, 0.5) is 5.69 Å². The molecule has 1 N–H and O–H groups in total. The molecule has 2 amide bonds. The van der Waals surface area contributed by atoms with Gasteiger partial charge in [-0.3, -0.25) is 13.9 Å². The van der Waals surface area contributed by atoms with Crippen LogP contribution in [-0.4, -0.2) is 58.0 Å². The molecule has 11 heteroatoms. The van der Waals surface area contributed by atoms with Crippen LogP contribution in [0.3, 0.4) is 0 Å².